The van der Waals surface area contributed by atoms with Crippen LogP contribution in [0.5, 0.6) is 5.75 Å². The van der Waals surface area contributed by atoms with Crippen LogP contribution in [-0.4, -0.2) is 84.9 Å². The Morgan fingerprint density at radius 1 is 0.339 bits per heavy atom. The second kappa shape index (κ2) is 48.0. The van der Waals surface area contributed by atoms with Crippen LogP contribution in [-0.2, 0) is 65.7 Å². The highest BCUT2D eigenvalue weighted by Crippen LogP contribution is 2.34. The van der Waals surface area contributed by atoms with Gasteiger partial charge in [0.25, 0.3) is 0 Å². The Hall–Kier alpha value is -9.09. The van der Waals surface area contributed by atoms with Gasteiger partial charge in [-0.3, -0.25) is 15.0 Å². The van der Waals surface area contributed by atoms with Crippen LogP contribution in [0.3, 0.4) is 0 Å². The molecule has 9 aromatic heterocycles. The summed E-state index contributed by atoms with van der Waals surface area (Å²) in [6.07, 6.45) is 19.3. The Kier molecular flexibility index (Phi) is 43.0. The largest absolute Gasteiger partial charge is 0.508 e. The molecule has 0 spiro atoms. The first kappa shape index (κ1) is 111. The zero-order valence-corrected chi connectivity index (χ0v) is 84.6. The minimum Gasteiger partial charge on any atom is -0.508 e. The Bertz CT molecular complexity index is 4710. The Balaban J connectivity index is 0.000000463. The fourth-order valence-electron chi connectivity index (χ4n) is 9.75. The number of hydrogen-bond acceptors (Lipinski definition) is 18. The number of rotatable bonds is 0. The van der Waals surface area contributed by atoms with Gasteiger partial charge >= 0.3 is 6.18 Å². The fourth-order valence-corrected chi connectivity index (χ4v) is 11.3. The molecular formula is C100H140BrCl2F3N16OS. The second-order valence-corrected chi connectivity index (χ2v) is 43.7. The molecule has 17 nitrogen and oxygen atoms in total. The molecule has 9 heterocycles. The SMILES string of the molecule is CC(C)(C)c1cccc(O)c1.CC(C)(C)c1ccccn1.CC(C)(C)c1ccncn1.CC(C)(C)c1cnccn1.CC(C)(C)c1ncc(Br)cn1.CC(C)(C)c1ncc(Cl)cn1.CC(C)(C)c1nccc(C(F)(F)F)n1.CC(C)(C)c1ncccn1.Cc1c(Cl)cccc1C(C)(C)C.Cc1ccc2nc(C(C)(C)C)sc2c1.Cc1ccnc(C(C)(C)C)n1. The van der Waals surface area contributed by atoms with E-state index in [1.807, 2.05) is 85.3 Å². The molecule has 3 aromatic carbocycles. The van der Waals surface area contributed by atoms with Crippen molar-refractivity contribution in [2.45, 2.75) is 315 Å². The Morgan fingerprint density at radius 2 is 0.798 bits per heavy atom. The number of benzene rings is 3. The van der Waals surface area contributed by atoms with Gasteiger partial charge in [-0.2, -0.15) is 13.2 Å². The standard InChI is InChI=1S/C12H15NS.C11H15Cl.C10H14O.C9H11F3N2.C9H14N2.C9H13N.C8H11BrN2.C8H11ClN2.3C8H12N2/c1-8-5-6-9-10(7-8)14-11(13-9)12(2,3)4;1-8-9(11(2,3)4)6-5-7-10(8)12;1-10(2,3)8-5-4-6-9(11)7-8;1-8(2,3)7-13-5-4-6(14-7)9(10,11)12;1-7-5-6-10-8(11-7)9(2,3)4;1-9(2,3)8-6-4-5-7-10-8;2*1-8(2,3)7-10-4-6(9)5-11-7;1-8(2,3)7-6-9-4-5-10-7;1-8(2,3)7-4-5-9-6-10-7;1-8(2,3)7-9-5-4-6-10-7/h5-7H,1-4H3;5-7H,1-4H3;4-7,11H,1-3H3;4-5H,1-3H3;5-6H,1-4H3;4-7H,1-3H3;2*4-5H,1-3H3;3*4-6H,1-3H3. The number of fused-ring (bicyclic) bond motifs is 1. The number of nitrogens with zero attached hydrogens (tertiary/aromatic N) is 16. The Morgan fingerprint density at radius 3 is 1.17 bits per heavy atom. The van der Waals surface area contributed by atoms with Crippen molar-refractivity contribution in [3.05, 3.63) is 289 Å². The molecule has 1 N–H and O–H groups in total. The molecule has 12 rings (SSSR count). The molecule has 0 unspecified atom stereocenters. The van der Waals surface area contributed by atoms with Crippen LogP contribution in [0.1, 0.15) is 313 Å². The van der Waals surface area contributed by atoms with Crippen LogP contribution in [0.4, 0.5) is 13.2 Å². The number of phenolic OH excluding ortho intramolecular Hbond substituents is 1. The van der Waals surface area contributed by atoms with Gasteiger partial charge < -0.3 is 5.11 Å². The highest BCUT2D eigenvalue weighted by Gasteiger charge is 2.34. The molecule has 124 heavy (non-hydrogen) atoms. The van der Waals surface area contributed by atoms with Gasteiger partial charge in [0.1, 0.15) is 46.9 Å². The van der Waals surface area contributed by atoms with Crippen molar-refractivity contribution >= 4 is 60.7 Å². The van der Waals surface area contributed by atoms with Gasteiger partial charge in [-0.05, 0) is 137 Å². The maximum atomic E-state index is 12.3. The topological polar surface area (TPSA) is 226 Å². The molecule has 0 bridgehead atoms. The molecule has 0 aliphatic rings. The van der Waals surface area contributed by atoms with E-state index >= 15 is 0 Å². The van der Waals surface area contributed by atoms with Gasteiger partial charge in [0.05, 0.1) is 30.4 Å². The monoisotopic (exact) mass is 1820 g/mol. The molecule has 12 aromatic rings. The van der Waals surface area contributed by atoms with E-state index in [2.05, 4.69) is 348 Å². The molecule has 0 saturated carbocycles. The number of phenols is 1. The smallest absolute Gasteiger partial charge is 0.433 e. The quantitative estimate of drug-likeness (QED) is 0.149. The normalized spacial score (nSPS) is 11.8. The summed E-state index contributed by atoms with van der Waals surface area (Å²) in [6.45, 7) is 75.4. The lowest BCUT2D eigenvalue weighted by atomic mass is 9.84. The van der Waals surface area contributed by atoms with Gasteiger partial charge in [0.15, 0.2) is 0 Å². The van der Waals surface area contributed by atoms with Crippen LogP contribution in [0.25, 0.3) is 10.2 Å². The molecule has 0 aliphatic carbocycles. The van der Waals surface area contributed by atoms with Gasteiger partial charge in [-0.25, -0.2) is 64.8 Å². The third-order valence-corrected chi connectivity index (χ3v) is 19.4. The molecule has 0 saturated heterocycles. The van der Waals surface area contributed by atoms with Crippen LogP contribution in [0.2, 0.25) is 10.0 Å². The van der Waals surface area contributed by atoms with E-state index in [-0.39, 0.29) is 60.0 Å². The molecule has 24 heteroatoms. The van der Waals surface area contributed by atoms with E-state index in [4.69, 9.17) is 23.2 Å². The van der Waals surface area contributed by atoms with Crippen LogP contribution >= 0.6 is 50.5 Å². The lowest BCUT2D eigenvalue weighted by Gasteiger charge is -2.21. The summed E-state index contributed by atoms with van der Waals surface area (Å²) in [5, 5.41) is 11.8. The highest BCUT2D eigenvalue weighted by atomic mass is 79.9. The summed E-state index contributed by atoms with van der Waals surface area (Å²) in [6, 6.07) is 32.5. The number of hydrogen-bond donors (Lipinski definition) is 1. The first-order valence-corrected chi connectivity index (χ1v) is 43.7. The van der Waals surface area contributed by atoms with Crippen molar-refractivity contribution in [3.8, 4) is 5.75 Å². The van der Waals surface area contributed by atoms with E-state index in [1.54, 1.807) is 101 Å². The first-order valence-electron chi connectivity index (χ1n) is 41.3. The number of aromatic hydroxyl groups is 1. The van der Waals surface area contributed by atoms with Crippen LogP contribution in [0.15, 0.2) is 194 Å². The van der Waals surface area contributed by atoms with Gasteiger partial charge in [-0.15, -0.1) is 11.3 Å². The maximum absolute atomic E-state index is 12.3. The highest BCUT2D eigenvalue weighted by molar-refractivity contribution is 9.10. The first-order chi connectivity index (χ1) is 56.5. The van der Waals surface area contributed by atoms with Crippen molar-refractivity contribution in [1.82, 2.24) is 79.7 Å². The summed E-state index contributed by atoms with van der Waals surface area (Å²) >= 11 is 16.8. The number of aryl methyl sites for hydroxylation is 2. The van der Waals surface area contributed by atoms with Crippen molar-refractivity contribution in [3.63, 3.8) is 0 Å². The number of pyridine rings is 1. The minimum absolute atomic E-state index is 0.00455. The van der Waals surface area contributed by atoms with Crippen molar-refractivity contribution in [2.24, 2.45) is 0 Å². The zero-order valence-electron chi connectivity index (χ0n) is 80.7. The fraction of sp³-hybridized carbons (Fsp3) is 0.480. The summed E-state index contributed by atoms with van der Waals surface area (Å²) in [4.78, 5) is 65.8. The lowest BCUT2D eigenvalue weighted by Crippen LogP contribution is -2.19. The third kappa shape index (κ3) is 43.7. The van der Waals surface area contributed by atoms with Gasteiger partial charge in [-0.1, -0.05) is 288 Å². The van der Waals surface area contributed by atoms with Crippen LogP contribution in [0, 0.1) is 20.8 Å². The van der Waals surface area contributed by atoms with Gasteiger partial charge in [0, 0.05) is 151 Å². The predicted molar refractivity (Wildman–Crippen MR) is 515 cm³/mol. The summed E-state index contributed by atoms with van der Waals surface area (Å²) in [7, 11) is 0. The maximum Gasteiger partial charge on any atom is 0.433 e. The average molecular weight is 1820 g/mol. The molecule has 0 atom stereocenters. The van der Waals surface area contributed by atoms with Crippen molar-refractivity contribution in [1.29, 1.82) is 0 Å². The summed E-state index contributed by atoms with van der Waals surface area (Å²) in [5.74, 6) is 4.06. The van der Waals surface area contributed by atoms with E-state index in [9.17, 15) is 18.3 Å². The molecule has 674 valence electrons. The second-order valence-electron chi connectivity index (χ2n) is 40.9. The zero-order chi connectivity index (χ0) is 95.1. The number of thiazole rings is 1. The van der Waals surface area contributed by atoms with Crippen LogP contribution < -0.4 is 0 Å². The molecule has 0 radical (unpaired) electrons. The van der Waals surface area contributed by atoms with Gasteiger partial charge in [0.2, 0.25) is 0 Å². The molecule has 0 aliphatic heterocycles. The molecule has 0 fully saturated rings. The molecular weight excluding hydrogens is 1680 g/mol. The summed E-state index contributed by atoms with van der Waals surface area (Å²) in [5.41, 5.74) is 10.2. The number of alkyl halides is 3. The third-order valence-electron chi connectivity index (χ3n) is 17.0. The average Bonchev–Trinajstić information content (AvgIpc) is 1.66. The lowest BCUT2D eigenvalue weighted by molar-refractivity contribution is -0.141. The van der Waals surface area contributed by atoms with E-state index < -0.39 is 17.3 Å². The van der Waals surface area contributed by atoms with E-state index in [0.717, 1.165) is 78.9 Å². The number of aromatic nitrogens is 16. The van der Waals surface area contributed by atoms with E-state index in [1.165, 1.54) is 26.4 Å². The number of halogens is 6. The summed E-state index contributed by atoms with van der Waals surface area (Å²) < 4.78 is 39.0. The van der Waals surface area contributed by atoms with E-state index in [0.29, 0.717) is 10.8 Å². The minimum atomic E-state index is -4.40. The Labute approximate surface area is 763 Å². The van der Waals surface area contributed by atoms with Crippen molar-refractivity contribution < 1.29 is 18.3 Å². The van der Waals surface area contributed by atoms with Crippen molar-refractivity contribution in [2.75, 3.05) is 0 Å². The molecule has 0 amide bonds. The predicted octanol–water partition coefficient (Wildman–Crippen LogP) is 28.1.